The highest BCUT2D eigenvalue weighted by Crippen LogP contribution is 2.40. The SMILES string of the molecule is O=c1c2cc3c(=O)c4cc(Cl)cc5c6cc(Cl)ccc6n(c3cc2n2c3ccc(Cl)cc3c3cc(Cl)cc1c32)c45. The second-order valence-corrected chi connectivity index (χ2v) is 12.0. The first kappa shape index (κ1) is 23.0. The quantitative estimate of drug-likeness (QED) is 0.163. The zero-order valence-electron chi connectivity index (χ0n) is 20.2. The number of benzene rings is 5. The van der Waals surface area contributed by atoms with Crippen molar-refractivity contribution in [1.29, 1.82) is 0 Å². The highest BCUT2D eigenvalue weighted by atomic mass is 35.5. The molecule has 0 aliphatic carbocycles. The Kier molecular flexibility index (Phi) is 4.29. The van der Waals surface area contributed by atoms with Gasteiger partial charge in [0.1, 0.15) is 0 Å². The van der Waals surface area contributed by atoms with E-state index in [4.69, 9.17) is 46.4 Å². The molecule has 0 saturated carbocycles. The molecule has 40 heavy (non-hydrogen) atoms. The Labute approximate surface area is 243 Å². The lowest BCUT2D eigenvalue weighted by Gasteiger charge is -2.12. The molecule has 0 aliphatic heterocycles. The van der Waals surface area contributed by atoms with Crippen LogP contribution < -0.4 is 10.9 Å². The van der Waals surface area contributed by atoms with Crippen molar-refractivity contribution in [2.45, 2.75) is 0 Å². The van der Waals surface area contributed by atoms with Crippen molar-refractivity contribution in [3.05, 3.63) is 113 Å². The lowest BCUT2D eigenvalue weighted by molar-refractivity contribution is 1.31. The molecule has 0 saturated heterocycles. The summed E-state index contributed by atoms with van der Waals surface area (Å²) in [5.41, 5.74) is 4.31. The van der Waals surface area contributed by atoms with Crippen LogP contribution in [-0.2, 0) is 0 Å². The number of halogens is 4. The molecule has 0 bridgehead atoms. The molecule has 8 heteroatoms. The molecule has 9 rings (SSSR count). The Bertz CT molecular complexity index is 2560. The predicted molar refractivity (Wildman–Crippen MR) is 168 cm³/mol. The van der Waals surface area contributed by atoms with Gasteiger partial charge >= 0.3 is 0 Å². The average Bonchev–Trinajstić information content (AvgIpc) is 3.42. The first-order chi connectivity index (χ1) is 19.3. The number of rotatable bonds is 0. The van der Waals surface area contributed by atoms with Crippen LogP contribution in [0.15, 0.2) is 82.4 Å². The van der Waals surface area contributed by atoms with Crippen molar-refractivity contribution >= 4 is 123 Å². The number of hydrogen-bond donors (Lipinski definition) is 0. The van der Waals surface area contributed by atoms with Crippen molar-refractivity contribution in [3.63, 3.8) is 0 Å². The van der Waals surface area contributed by atoms with E-state index in [9.17, 15) is 9.59 Å². The largest absolute Gasteiger partial charge is 0.308 e. The van der Waals surface area contributed by atoms with Crippen LogP contribution in [0.3, 0.4) is 0 Å². The molecule has 4 aromatic heterocycles. The summed E-state index contributed by atoms with van der Waals surface area (Å²) in [6, 6.07) is 22.1. The molecule has 0 radical (unpaired) electrons. The topological polar surface area (TPSA) is 43.0 Å². The fraction of sp³-hybridized carbons (Fsp3) is 0. The van der Waals surface area contributed by atoms with Gasteiger partial charge in [0.05, 0.1) is 33.1 Å². The molecule has 0 fully saturated rings. The maximum Gasteiger partial charge on any atom is 0.197 e. The molecular weight excluding hydrogens is 586 g/mol. The lowest BCUT2D eigenvalue weighted by atomic mass is 10.0. The van der Waals surface area contributed by atoms with Gasteiger partial charge in [-0.05, 0) is 72.8 Å². The van der Waals surface area contributed by atoms with Crippen molar-refractivity contribution in [3.8, 4) is 0 Å². The van der Waals surface area contributed by atoms with Gasteiger partial charge in [0.25, 0.3) is 0 Å². The third-order valence-corrected chi connectivity index (χ3v) is 9.06. The van der Waals surface area contributed by atoms with Gasteiger partial charge in [-0.25, -0.2) is 0 Å². The van der Waals surface area contributed by atoms with Crippen LogP contribution in [0.25, 0.3) is 76.2 Å². The summed E-state index contributed by atoms with van der Waals surface area (Å²) < 4.78 is 4.15. The summed E-state index contributed by atoms with van der Waals surface area (Å²) in [6.45, 7) is 0. The standard InChI is InChI=1S/C32H12Cl4N2O2/c33-13-1-3-25-17(5-13)19-7-15(35)9-23-29(19)37(25)27-12-28-22(11-21(27)31(23)39)32(40)24-10-16(36)8-20-18-6-14(34)2-4-26(18)38(28)30(20)24/h1-12H. The molecule has 190 valence electrons. The van der Waals surface area contributed by atoms with E-state index in [0.717, 1.165) is 43.6 Å². The molecule has 0 aliphatic rings. The fourth-order valence-corrected chi connectivity index (χ4v) is 7.40. The Morgan fingerprint density at radius 2 is 0.775 bits per heavy atom. The van der Waals surface area contributed by atoms with E-state index >= 15 is 0 Å². The van der Waals surface area contributed by atoms with Gasteiger partial charge < -0.3 is 8.80 Å². The Morgan fingerprint density at radius 3 is 1.23 bits per heavy atom. The minimum absolute atomic E-state index is 0.189. The zero-order valence-corrected chi connectivity index (χ0v) is 23.2. The van der Waals surface area contributed by atoms with Crippen molar-refractivity contribution in [1.82, 2.24) is 8.80 Å². The van der Waals surface area contributed by atoms with E-state index in [1.54, 1.807) is 18.2 Å². The van der Waals surface area contributed by atoms with Crippen molar-refractivity contribution in [2.75, 3.05) is 0 Å². The molecule has 0 N–H and O–H groups in total. The fourth-order valence-electron chi connectivity index (χ4n) is 6.62. The van der Waals surface area contributed by atoms with E-state index in [0.29, 0.717) is 52.7 Å². The first-order valence-electron chi connectivity index (χ1n) is 12.4. The predicted octanol–water partition coefficient (Wildman–Crippen LogP) is 9.32. The maximum atomic E-state index is 14.0. The maximum absolute atomic E-state index is 14.0. The van der Waals surface area contributed by atoms with E-state index < -0.39 is 0 Å². The third-order valence-electron chi connectivity index (χ3n) is 8.15. The van der Waals surface area contributed by atoms with Gasteiger partial charge in [-0.15, -0.1) is 0 Å². The normalized spacial score (nSPS) is 12.7. The highest BCUT2D eigenvalue weighted by Gasteiger charge is 2.22. The second-order valence-electron chi connectivity index (χ2n) is 10.2. The summed E-state index contributed by atoms with van der Waals surface area (Å²) in [6.07, 6.45) is 0. The number of hydrogen-bond acceptors (Lipinski definition) is 2. The van der Waals surface area contributed by atoms with Crippen LogP contribution in [0, 0.1) is 0 Å². The molecule has 0 spiro atoms. The van der Waals surface area contributed by atoms with Crippen LogP contribution in [0.1, 0.15) is 0 Å². The van der Waals surface area contributed by atoms with Crippen molar-refractivity contribution in [2.24, 2.45) is 0 Å². The average molecular weight is 598 g/mol. The molecule has 4 heterocycles. The smallest absolute Gasteiger partial charge is 0.197 e. The second kappa shape index (κ2) is 7.48. The van der Waals surface area contributed by atoms with Crippen molar-refractivity contribution < 1.29 is 0 Å². The van der Waals surface area contributed by atoms with Crippen LogP contribution in [0.4, 0.5) is 0 Å². The number of fused-ring (bicyclic) bond motifs is 10. The van der Waals surface area contributed by atoms with Gasteiger partial charge in [0.15, 0.2) is 10.9 Å². The Hall–Kier alpha value is -3.80. The summed E-state index contributed by atoms with van der Waals surface area (Å²) >= 11 is 25.8. The Balaban J connectivity index is 1.64. The first-order valence-corrected chi connectivity index (χ1v) is 14.0. The molecule has 4 nitrogen and oxygen atoms in total. The monoisotopic (exact) mass is 596 g/mol. The minimum atomic E-state index is -0.189. The van der Waals surface area contributed by atoms with Gasteiger partial charge in [-0.2, -0.15) is 0 Å². The molecule has 0 atom stereocenters. The minimum Gasteiger partial charge on any atom is -0.308 e. The van der Waals surface area contributed by atoms with E-state index in [1.165, 1.54) is 0 Å². The van der Waals surface area contributed by atoms with Crippen LogP contribution in [0.2, 0.25) is 20.1 Å². The summed E-state index contributed by atoms with van der Waals surface area (Å²) in [7, 11) is 0. The Morgan fingerprint density at radius 1 is 0.375 bits per heavy atom. The summed E-state index contributed by atoms with van der Waals surface area (Å²) in [5, 5.41) is 7.38. The van der Waals surface area contributed by atoms with Gasteiger partial charge in [0.2, 0.25) is 0 Å². The third kappa shape index (κ3) is 2.70. The molecular formula is C32H12Cl4N2O2. The zero-order chi connectivity index (χ0) is 27.2. The highest BCUT2D eigenvalue weighted by molar-refractivity contribution is 6.36. The number of pyridine rings is 2. The van der Waals surface area contributed by atoms with Crippen LogP contribution in [0.5, 0.6) is 0 Å². The van der Waals surface area contributed by atoms with E-state index in [-0.39, 0.29) is 10.9 Å². The van der Waals surface area contributed by atoms with E-state index in [2.05, 4.69) is 8.80 Å². The molecule has 5 aromatic carbocycles. The summed E-state index contributed by atoms with van der Waals surface area (Å²) in [5.74, 6) is 0. The molecule has 9 aromatic rings. The number of nitrogens with zero attached hydrogens (tertiary/aromatic N) is 2. The summed E-state index contributed by atoms with van der Waals surface area (Å²) in [4.78, 5) is 28.0. The van der Waals surface area contributed by atoms with Crippen LogP contribution >= 0.6 is 46.4 Å². The lowest BCUT2D eigenvalue weighted by Crippen LogP contribution is -2.11. The van der Waals surface area contributed by atoms with Gasteiger partial charge in [0, 0.05) is 63.2 Å². The molecule has 0 amide bonds. The molecule has 0 unspecified atom stereocenters. The number of aromatic nitrogens is 2. The van der Waals surface area contributed by atoms with E-state index in [1.807, 2.05) is 54.6 Å². The van der Waals surface area contributed by atoms with Gasteiger partial charge in [-0.3, -0.25) is 9.59 Å². The van der Waals surface area contributed by atoms with Crippen LogP contribution in [-0.4, -0.2) is 8.80 Å². The van der Waals surface area contributed by atoms with Gasteiger partial charge in [-0.1, -0.05) is 46.4 Å².